The molecule has 152 valence electrons. The predicted octanol–water partition coefficient (Wildman–Crippen LogP) is 3.45. The van der Waals surface area contributed by atoms with E-state index < -0.39 is 17.7 Å². The van der Waals surface area contributed by atoms with Crippen LogP contribution in [0.15, 0.2) is 35.2 Å². The Morgan fingerprint density at radius 3 is 2.90 bits per heavy atom. The van der Waals surface area contributed by atoms with E-state index in [1.54, 1.807) is 24.1 Å². The van der Waals surface area contributed by atoms with Gasteiger partial charge >= 0.3 is 0 Å². The van der Waals surface area contributed by atoms with Gasteiger partial charge in [0, 0.05) is 37.1 Å². The zero-order valence-corrected chi connectivity index (χ0v) is 17.3. The maximum absolute atomic E-state index is 13.0. The Morgan fingerprint density at radius 2 is 2.17 bits per heavy atom. The van der Waals surface area contributed by atoms with Gasteiger partial charge in [-0.05, 0) is 54.1 Å². The van der Waals surface area contributed by atoms with Gasteiger partial charge < -0.3 is 19.5 Å². The third-order valence-electron chi connectivity index (χ3n) is 5.40. The Balaban J connectivity index is 1.80. The number of ether oxygens (including phenoxy) is 2. The quantitative estimate of drug-likeness (QED) is 0.340. The van der Waals surface area contributed by atoms with Crippen LogP contribution in [-0.4, -0.2) is 48.6 Å². The van der Waals surface area contributed by atoms with Crippen molar-refractivity contribution >= 4 is 28.8 Å². The monoisotopic (exact) mass is 413 g/mol. The van der Waals surface area contributed by atoms with Crippen molar-refractivity contribution in [2.75, 3.05) is 26.9 Å². The summed E-state index contributed by atoms with van der Waals surface area (Å²) in [4.78, 5) is 28.2. The molecule has 1 N–H and O–H groups in total. The third-order valence-corrected chi connectivity index (χ3v) is 6.47. The Hall–Kier alpha value is -2.64. The third kappa shape index (κ3) is 3.45. The van der Waals surface area contributed by atoms with Gasteiger partial charge in [0.15, 0.2) is 0 Å². The van der Waals surface area contributed by atoms with Crippen molar-refractivity contribution < 1.29 is 24.2 Å². The highest BCUT2D eigenvalue weighted by Crippen LogP contribution is 2.43. The summed E-state index contributed by atoms with van der Waals surface area (Å²) in [5, 5.41) is 13.0. The van der Waals surface area contributed by atoms with Crippen LogP contribution in [0.1, 0.15) is 34.0 Å². The molecule has 0 aliphatic carbocycles. The number of benzene rings is 1. The first-order valence-electron chi connectivity index (χ1n) is 9.60. The van der Waals surface area contributed by atoms with E-state index in [0.717, 1.165) is 28.2 Å². The number of nitrogens with zero attached hydrogens (tertiary/aromatic N) is 1. The number of hydrogen-bond acceptors (Lipinski definition) is 6. The number of amides is 1. The number of aliphatic hydroxyl groups is 1. The molecule has 0 spiro atoms. The number of carbonyl (C=O) groups is 2. The van der Waals surface area contributed by atoms with E-state index in [9.17, 15) is 14.7 Å². The molecule has 6 nitrogen and oxygen atoms in total. The fourth-order valence-electron chi connectivity index (χ4n) is 3.92. The molecule has 1 aromatic heterocycles. The number of likely N-dealkylation sites (tertiary alicyclic amines) is 1. The van der Waals surface area contributed by atoms with Crippen molar-refractivity contribution in [3.05, 3.63) is 56.8 Å². The molecule has 1 saturated heterocycles. The standard InChI is InChI=1S/C22H23NO5S/c1-13-7-11-29-21(13)18-17(20(25)22(26)23(18)8-3-9-27-2)19(24)15-4-5-16-14(12-15)6-10-28-16/h4-5,7,11-12,18,24H,3,6,8-10H2,1-2H3/b19-17-. The van der Waals surface area contributed by atoms with Crippen LogP contribution in [-0.2, 0) is 20.7 Å². The molecule has 0 bridgehead atoms. The summed E-state index contributed by atoms with van der Waals surface area (Å²) in [6.45, 7) is 3.44. The van der Waals surface area contributed by atoms with Gasteiger partial charge in [-0.1, -0.05) is 0 Å². The van der Waals surface area contributed by atoms with E-state index in [0.29, 0.717) is 31.7 Å². The van der Waals surface area contributed by atoms with Crippen LogP contribution in [0, 0.1) is 6.92 Å². The second-order valence-corrected chi connectivity index (χ2v) is 8.18. The number of thiophene rings is 1. The van der Waals surface area contributed by atoms with Gasteiger partial charge in [-0.25, -0.2) is 0 Å². The maximum atomic E-state index is 13.0. The largest absolute Gasteiger partial charge is 0.507 e. The van der Waals surface area contributed by atoms with Crippen molar-refractivity contribution in [3.63, 3.8) is 0 Å². The van der Waals surface area contributed by atoms with Gasteiger partial charge in [0.2, 0.25) is 0 Å². The van der Waals surface area contributed by atoms with Crippen molar-refractivity contribution in [3.8, 4) is 5.75 Å². The lowest BCUT2D eigenvalue weighted by molar-refractivity contribution is -0.140. The average molecular weight is 413 g/mol. The van der Waals surface area contributed by atoms with Gasteiger partial charge in [0.1, 0.15) is 11.5 Å². The first-order valence-corrected chi connectivity index (χ1v) is 10.5. The highest BCUT2D eigenvalue weighted by Gasteiger charge is 2.46. The van der Waals surface area contributed by atoms with Gasteiger partial charge in [0.05, 0.1) is 18.2 Å². The second kappa shape index (κ2) is 8.00. The molecule has 1 amide bonds. The van der Waals surface area contributed by atoms with Crippen LogP contribution >= 0.6 is 11.3 Å². The summed E-state index contributed by atoms with van der Waals surface area (Å²) in [5.41, 5.74) is 2.67. The van der Waals surface area contributed by atoms with E-state index in [1.807, 2.05) is 24.4 Å². The van der Waals surface area contributed by atoms with Crippen molar-refractivity contribution in [2.24, 2.45) is 0 Å². The van der Waals surface area contributed by atoms with E-state index in [2.05, 4.69) is 0 Å². The maximum Gasteiger partial charge on any atom is 0.295 e. The molecule has 1 aromatic carbocycles. The van der Waals surface area contributed by atoms with Crippen molar-refractivity contribution in [1.29, 1.82) is 0 Å². The highest BCUT2D eigenvalue weighted by molar-refractivity contribution is 7.10. The number of rotatable bonds is 6. The predicted molar refractivity (Wildman–Crippen MR) is 110 cm³/mol. The molecule has 29 heavy (non-hydrogen) atoms. The molecule has 0 saturated carbocycles. The van der Waals surface area contributed by atoms with Gasteiger partial charge in [-0.15, -0.1) is 11.3 Å². The zero-order chi connectivity index (χ0) is 20.5. The minimum Gasteiger partial charge on any atom is -0.507 e. The topological polar surface area (TPSA) is 76.1 Å². The Bertz CT molecular complexity index is 993. The highest BCUT2D eigenvalue weighted by atomic mass is 32.1. The lowest BCUT2D eigenvalue weighted by Crippen LogP contribution is -2.31. The molecule has 2 aromatic rings. The SMILES string of the molecule is COCCCN1C(=O)C(=O)/C(=C(\O)c2ccc3c(c2)CCO3)C1c1sccc1C. The minimum absolute atomic E-state index is 0.134. The molecular formula is C22H23NO5S. The number of methoxy groups -OCH3 is 1. The second-order valence-electron chi connectivity index (χ2n) is 7.23. The molecule has 1 fully saturated rings. The number of hydrogen-bond donors (Lipinski definition) is 1. The molecule has 2 aliphatic heterocycles. The van der Waals surface area contributed by atoms with Gasteiger partial charge in [-0.2, -0.15) is 0 Å². The summed E-state index contributed by atoms with van der Waals surface area (Å²) < 4.78 is 10.6. The number of fused-ring (bicyclic) bond motifs is 1. The number of aliphatic hydroxyl groups excluding tert-OH is 1. The lowest BCUT2D eigenvalue weighted by atomic mass is 9.97. The number of Topliss-reactive ketones (excluding diaryl/α,β-unsaturated/α-hetero) is 1. The van der Waals surface area contributed by atoms with Crippen LogP contribution < -0.4 is 4.74 Å². The molecule has 3 heterocycles. The fourth-order valence-corrected chi connectivity index (χ4v) is 4.96. The lowest BCUT2D eigenvalue weighted by Gasteiger charge is -2.24. The Labute approximate surface area is 173 Å². The number of ketones is 1. The minimum atomic E-state index is -0.644. The normalized spacial score (nSPS) is 20.2. The molecule has 7 heteroatoms. The van der Waals surface area contributed by atoms with Crippen LogP contribution in [0.25, 0.3) is 5.76 Å². The summed E-state index contributed by atoms with van der Waals surface area (Å²) in [5.74, 6) is -0.559. The summed E-state index contributed by atoms with van der Waals surface area (Å²) in [6.07, 6.45) is 1.37. The summed E-state index contributed by atoms with van der Waals surface area (Å²) >= 11 is 1.49. The van der Waals surface area contributed by atoms with E-state index in [1.165, 1.54) is 11.3 Å². The van der Waals surface area contributed by atoms with E-state index in [4.69, 9.17) is 9.47 Å². The Kier molecular flexibility index (Phi) is 5.43. The Morgan fingerprint density at radius 1 is 1.34 bits per heavy atom. The smallest absolute Gasteiger partial charge is 0.295 e. The summed E-state index contributed by atoms with van der Waals surface area (Å²) in [7, 11) is 1.60. The molecule has 1 atom stereocenters. The van der Waals surface area contributed by atoms with Crippen LogP contribution in [0.5, 0.6) is 5.75 Å². The molecule has 1 unspecified atom stereocenters. The first-order chi connectivity index (χ1) is 14.0. The van der Waals surface area contributed by atoms with Crippen LogP contribution in [0.4, 0.5) is 0 Å². The average Bonchev–Trinajstić information content (AvgIpc) is 3.41. The van der Waals surface area contributed by atoms with Gasteiger partial charge in [0.25, 0.3) is 11.7 Å². The van der Waals surface area contributed by atoms with Crippen molar-refractivity contribution in [2.45, 2.75) is 25.8 Å². The van der Waals surface area contributed by atoms with Crippen molar-refractivity contribution in [1.82, 2.24) is 4.90 Å². The number of carbonyl (C=O) groups excluding carboxylic acids is 2. The van der Waals surface area contributed by atoms with Crippen LogP contribution in [0.3, 0.4) is 0 Å². The number of aryl methyl sites for hydroxylation is 1. The fraction of sp³-hybridized carbons (Fsp3) is 0.364. The molecule has 2 aliphatic rings. The molecular weight excluding hydrogens is 390 g/mol. The van der Waals surface area contributed by atoms with E-state index >= 15 is 0 Å². The first kappa shape index (κ1) is 19.7. The zero-order valence-electron chi connectivity index (χ0n) is 16.4. The van der Waals surface area contributed by atoms with Gasteiger partial charge in [-0.3, -0.25) is 9.59 Å². The van der Waals surface area contributed by atoms with Crippen LogP contribution in [0.2, 0.25) is 0 Å². The molecule has 0 radical (unpaired) electrons. The molecule has 4 rings (SSSR count). The summed E-state index contributed by atoms with van der Waals surface area (Å²) in [6, 6.07) is 6.75. The van der Waals surface area contributed by atoms with E-state index in [-0.39, 0.29) is 11.3 Å².